The molecule has 1 rings (SSSR count). The second kappa shape index (κ2) is 11.0. The first kappa shape index (κ1) is 18.5. The molecular formula is C17H30N4O. The van der Waals surface area contributed by atoms with Crippen LogP contribution in [0.3, 0.4) is 0 Å². The Morgan fingerprint density at radius 1 is 1.36 bits per heavy atom. The Hall–Kier alpha value is -1.59. The molecule has 5 nitrogen and oxygen atoms in total. The number of hydrogen-bond acceptors (Lipinski definition) is 3. The normalized spacial score (nSPS) is 13.4. The van der Waals surface area contributed by atoms with Crippen LogP contribution in [-0.4, -0.2) is 50.3 Å². The zero-order chi connectivity index (χ0) is 16.2. The Kier molecular flexibility index (Phi) is 9.26. The summed E-state index contributed by atoms with van der Waals surface area (Å²) in [6, 6.07) is 10.8. The number of likely N-dealkylation sites (N-methyl/N-ethyl adjacent to an activating group) is 1. The van der Waals surface area contributed by atoms with Crippen molar-refractivity contribution in [1.82, 2.24) is 10.2 Å². The monoisotopic (exact) mass is 306 g/mol. The third kappa shape index (κ3) is 8.00. The van der Waals surface area contributed by atoms with Gasteiger partial charge in [-0.2, -0.15) is 0 Å². The largest absolute Gasteiger partial charge is 0.382 e. The summed E-state index contributed by atoms with van der Waals surface area (Å²) in [5, 5.41) is 3.11. The number of nitrogens with zero attached hydrogens (tertiary/aromatic N) is 2. The van der Waals surface area contributed by atoms with Crippen molar-refractivity contribution in [2.75, 3.05) is 33.4 Å². The molecule has 0 aliphatic carbocycles. The minimum absolute atomic E-state index is 0.337. The van der Waals surface area contributed by atoms with E-state index in [0.29, 0.717) is 18.5 Å². The lowest BCUT2D eigenvalue weighted by atomic mass is 10.2. The highest BCUT2D eigenvalue weighted by atomic mass is 16.5. The molecule has 0 saturated heterocycles. The Morgan fingerprint density at radius 3 is 2.77 bits per heavy atom. The number of nitrogens with one attached hydrogen (secondary N) is 1. The number of benzene rings is 1. The van der Waals surface area contributed by atoms with Crippen LogP contribution in [0, 0.1) is 0 Å². The van der Waals surface area contributed by atoms with Crippen LogP contribution in [-0.2, 0) is 11.3 Å². The van der Waals surface area contributed by atoms with Crippen LogP contribution in [0.4, 0.5) is 0 Å². The second-order valence-electron chi connectivity index (χ2n) is 5.45. The fourth-order valence-corrected chi connectivity index (χ4v) is 1.99. The van der Waals surface area contributed by atoms with Gasteiger partial charge in [0.15, 0.2) is 5.96 Å². The van der Waals surface area contributed by atoms with Gasteiger partial charge in [-0.15, -0.1) is 0 Å². The molecule has 0 fully saturated rings. The smallest absolute Gasteiger partial charge is 0.188 e. The number of rotatable bonds is 10. The first-order chi connectivity index (χ1) is 10.6. The van der Waals surface area contributed by atoms with Crippen molar-refractivity contribution in [3.63, 3.8) is 0 Å². The summed E-state index contributed by atoms with van der Waals surface area (Å²) in [6.07, 6.45) is 0.938. The zero-order valence-corrected chi connectivity index (χ0v) is 14.1. The van der Waals surface area contributed by atoms with Gasteiger partial charge in [0, 0.05) is 32.3 Å². The van der Waals surface area contributed by atoms with Gasteiger partial charge in [-0.25, -0.2) is 0 Å². The SMILES string of the molecule is CCOCCCNC(N)=NCC(C)N(C)Cc1ccccc1. The molecule has 1 atom stereocenters. The molecule has 1 unspecified atom stereocenters. The number of aliphatic imine (C=N–C) groups is 1. The Labute approximate surface area is 134 Å². The first-order valence-corrected chi connectivity index (χ1v) is 7.99. The fraction of sp³-hybridized carbons (Fsp3) is 0.588. The van der Waals surface area contributed by atoms with Crippen LogP contribution in [0.15, 0.2) is 35.3 Å². The topological polar surface area (TPSA) is 62.9 Å². The van der Waals surface area contributed by atoms with Crippen molar-refractivity contribution in [2.24, 2.45) is 10.7 Å². The van der Waals surface area contributed by atoms with E-state index in [4.69, 9.17) is 10.5 Å². The number of hydrogen-bond donors (Lipinski definition) is 2. The summed E-state index contributed by atoms with van der Waals surface area (Å²) >= 11 is 0. The molecule has 0 radical (unpaired) electrons. The molecule has 124 valence electrons. The van der Waals surface area contributed by atoms with Crippen molar-refractivity contribution in [3.8, 4) is 0 Å². The lowest BCUT2D eigenvalue weighted by Crippen LogP contribution is -2.36. The van der Waals surface area contributed by atoms with E-state index in [0.717, 1.165) is 32.7 Å². The standard InChI is InChI=1S/C17H30N4O/c1-4-22-12-8-11-19-17(18)20-13-15(2)21(3)14-16-9-6-5-7-10-16/h5-7,9-10,15H,4,8,11-14H2,1-3H3,(H3,18,19,20). The van der Waals surface area contributed by atoms with Gasteiger partial charge in [0.25, 0.3) is 0 Å². The maximum absolute atomic E-state index is 5.87. The molecule has 1 aromatic rings. The lowest BCUT2D eigenvalue weighted by molar-refractivity contribution is 0.145. The Morgan fingerprint density at radius 2 is 2.09 bits per heavy atom. The minimum atomic E-state index is 0.337. The summed E-state index contributed by atoms with van der Waals surface area (Å²) in [4.78, 5) is 6.68. The fourth-order valence-electron chi connectivity index (χ4n) is 1.99. The summed E-state index contributed by atoms with van der Waals surface area (Å²) in [7, 11) is 2.11. The van der Waals surface area contributed by atoms with Crippen molar-refractivity contribution in [1.29, 1.82) is 0 Å². The predicted molar refractivity (Wildman–Crippen MR) is 93.0 cm³/mol. The van der Waals surface area contributed by atoms with Crippen molar-refractivity contribution < 1.29 is 4.74 Å². The van der Waals surface area contributed by atoms with Crippen LogP contribution in [0.5, 0.6) is 0 Å². The molecule has 0 amide bonds. The molecule has 22 heavy (non-hydrogen) atoms. The van der Waals surface area contributed by atoms with Crippen LogP contribution in [0.1, 0.15) is 25.8 Å². The van der Waals surface area contributed by atoms with Gasteiger partial charge in [0.05, 0.1) is 6.54 Å². The molecule has 3 N–H and O–H groups in total. The first-order valence-electron chi connectivity index (χ1n) is 7.99. The third-order valence-corrected chi connectivity index (χ3v) is 3.53. The van der Waals surface area contributed by atoms with Crippen molar-refractivity contribution in [2.45, 2.75) is 32.9 Å². The van der Waals surface area contributed by atoms with Crippen molar-refractivity contribution in [3.05, 3.63) is 35.9 Å². The van der Waals surface area contributed by atoms with E-state index >= 15 is 0 Å². The van der Waals surface area contributed by atoms with E-state index in [1.807, 2.05) is 13.0 Å². The van der Waals surface area contributed by atoms with Crippen LogP contribution < -0.4 is 11.1 Å². The Bertz CT molecular complexity index is 422. The van der Waals surface area contributed by atoms with Gasteiger partial charge in [0.1, 0.15) is 0 Å². The minimum Gasteiger partial charge on any atom is -0.382 e. The highest BCUT2D eigenvalue weighted by molar-refractivity contribution is 5.77. The summed E-state index contributed by atoms with van der Waals surface area (Å²) < 4.78 is 5.27. The average molecular weight is 306 g/mol. The maximum Gasteiger partial charge on any atom is 0.188 e. The second-order valence-corrected chi connectivity index (χ2v) is 5.45. The van der Waals surface area contributed by atoms with Gasteiger partial charge in [-0.05, 0) is 32.9 Å². The molecule has 0 aliphatic rings. The molecule has 0 heterocycles. The number of guanidine groups is 1. The van der Waals surface area contributed by atoms with Gasteiger partial charge < -0.3 is 15.8 Å². The Balaban J connectivity index is 2.25. The summed E-state index contributed by atoms with van der Waals surface area (Å²) in [5.41, 5.74) is 7.18. The third-order valence-electron chi connectivity index (χ3n) is 3.53. The summed E-state index contributed by atoms with van der Waals surface area (Å²) in [5.74, 6) is 0.511. The predicted octanol–water partition coefficient (Wildman–Crippen LogP) is 1.84. The van der Waals surface area contributed by atoms with Crippen LogP contribution >= 0.6 is 0 Å². The lowest BCUT2D eigenvalue weighted by Gasteiger charge is -2.23. The molecule has 0 saturated carbocycles. The highest BCUT2D eigenvalue weighted by Crippen LogP contribution is 2.06. The average Bonchev–Trinajstić information content (AvgIpc) is 2.53. The molecule has 0 bridgehead atoms. The maximum atomic E-state index is 5.87. The van der Waals surface area contributed by atoms with Crippen molar-refractivity contribution >= 4 is 5.96 Å². The quantitative estimate of drug-likeness (QED) is 0.393. The van der Waals surface area contributed by atoms with Crippen LogP contribution in [0.25, 0.3) is 0 Å². The van der Waals surface area contributed by atoms with Gasteiger partial charge in [0.2, 0.25) is 0 Å². The molecule has 0 aliphatic heterocycles. The number of nitrogens with two attached hydrogens (primary N) is 1. The van der Waals surface area contributed by atoms with Gasteiger partial charge in [-0.1, -0.05) is 30.3 Å². The molecule has 0 spiro atoms. The highest BCUT2D eigenvalue weighted by Gasteiger charge is 2.09. The van der Waals surface area contributed by atoms with E-state index in [-0.39, 0.29) is 0 Å². The molecule has 5 heteroatoms. The van der Waals surface area contributed by atoms with E-state index in [1.54, 1.807) is 0 Å². The zero-order valence-electron chi connectivity index (χ0n) is 14.1. The molecular weight excluding hydrogens is 276 g/mol. The van der Waals surface area contributed by atoms with E-state index in [2.05, 4.69) is 53.4 Å². The van der Waals surface area contributed by atoms with E-state index in [9.17, 15) is 0 Å². The molecule has 1 aromatic carbocycles. The van der Waals surface area contributed by atoms with Gasteiger partial charge in [-0.3, -0.25) is 9.89 Å². The van der Waals surface area contributed by atoms with E-state index < -0.39 is 0 Å². The molecule has 0 aromatic heterocycles. The summed E-state index contributed by atoms with van der Waals surface area (Å²) in [6.45, 7) is 8.07. The van der Waals surface area contributed by atoms with Crippen LogP contribution in [0.2, 0.25) is 0 Å². The number of ether oxygens (including phenoxy) is 1. The van der Waals surface area contributed by atoms with E-state index in [1.165, 1.54) is 5.56 Å². The van der Waals surface area contributed by atoms with Gasteiger partial charge >= 0.3 is 0 Å².